The summed E-state index contributed by atoms with van der Waals surface area (Å²) in [5, 5.41) is 0.211. The van der Waals surface area contributed by atoms with Crippen LogP contribution in [0.2, 0.25) is 0 Å². The number of thioether (sulfide) groups is 1. The molecule has 0 aromatic heterocycles. The van der Waals surface area contributed by atoms with E-state index >= 15 is 0 Å². The van der Waals surface area contributed by atoms with E-state index in [1.165, 1.54) is 11.1 Å². The minimum atomic E-state index is 0.180. The highest BCUT2D eigenvalue weighted by Gasteiger charge is 2.30. The average molecular weight is 291 g/mol. The number of hydrogen-bond acceptors (Lipinski definition) is 2. The zero-order valence-electron chi connectivity index (χ0n) is 13.0. The molecule has 110 valence electrons. The van der Waals surface area contributed by atoms with E-state index in [0.717, 1.165) is 18.7 Å². The van der Waals surface area contributed by atoms with Crippen molar-refractivity contribution in [1.29, 1.82) is 0 Å². The van der Waals surface area contributed by atoms with E-state index in [-0.39, 0.29) is 10.8 Å². The molecule has 0 aliphatic carbocycles. The fourth-order valence-corrected chi connectivity index (χ4v) is 3.78. The minimum absolute atomic E-state index is 0.180. The Bertz CT molecular complexity index is 461. The zero-order chi connectivity index (χ0) is 14.8. The lowest BCUT2D eigenvalue weighted by Crippen LogP contribution is -2.30. The highest BCUT2D eigenvalue weighted by molar-refractivity contribution is 7.99. The molecule has 0 spiro atoms. The number of benzene rings is 1. The van der Waals surface area contributed by atoms with Gasteiger partial charge in [-0.2, -0.15) is 0 Å². The van der Waals surface area contributed by atoms with Gasteiger partial charge in [-0.05, 0) is 23.0 Å². The fourth-order valence-electron chi connectivity index (χ4n) is 2.51. The second-order valence-corrected chi connectivity index (χ2v) is 7.62. The quantitative estimate of drug-likeness (QED) is 0.825. The largest absolute Gasteiger partial charge is 0.326 e. The Balaban J connectivity index is 2.16. The molecule has 1 heterocycles. The van der Waals surface area contributed by atoms with Crippen molar-refractivity contribution in [2.45, 2.75) is 51.3 Å². The normalized spacial score (nSPS) is 19.4. The van der Waals surface area contributed by atoms with E-state index in [2.05, 4.69) is 52.0 Å². The summed E-state index contributed by atoms with van der Waals surface area (Å²) in [5.41, 5.74) is 2.78. The van der Waals surface area contributed by atoms with E-state index in [0.29, 0.717) is 12.3 Å². The molecule has 1 fully saturated rings. The Morgan fingerprint density at radius 3 is 2.50 bits per heavy atom. The lowest BCUT2D eigenvalue weighted by molar-refractivity contribution is -0.131. The Morgan fingerprint density at radius 2 is 1.95 bits per heavy atom. The number of nitrogens with zero attached hydrogens (tertiary/aromatic N) is 1. The summed E-state index contributed by atoms with van der Waals surface area (Å²) >= 11 is 1.88. The summed E-state index contributed by atoms with van der Waals surface area (Å²) in [4.78, 5) is 14.2. The van der Waals surface area contributed by atoms with E-state index in [1.807, 2.05) is 16.7 Å². The predicted molar refractivity (Wildman–Crippen MR) is 87.0 cm³/mol. The maximum absolute atomic E-state index is 12.2. The molecule has 20 heavy (non-hydrogen) atoms. The van der Waals surface area contributed by atoms with Crippen LogP contribution in [-0.2, 0) is 10.2 Å². The smallest absolute Gasteiger partial charge is 0.223 e. The second kappa shape index (κ2) is 6.21. The van der Waals surface area contributed by atoms with Crippen LogP contribution in [-0.4, -0.2) is 23.1 Å². The first-order valence-electron chi connectivity index (χ1n) is 7.45. The van der Waals surface area contributed by atoms with Crippen molar-refractivity contribution in [3.05, 3.63) is 35.4 Å². The summed E-state index contributed by atoms with van der Waals surface area (Å²) in [6.07, 6.45) is 1.59. The van der Waals surface area contributed by atoms with Gasteiger partial charge in [0, 0.05) is 18.7 Å². The third-order valence-corrected chi connectivity index (χ3v) is 5.00. The van der Waals surface area contributed by atoms with Crippen LogP contribution in [0.5, 0.6) is 0 Å². The number of hydrogen-bond donors (Lipinski definition) is 0. The van der Waals surface area contributed by atoms with Crippen LogP contribution in [0.15, 0.2) is 24.3 Å². The molecule has 1 atom stereocenters. The number of carbonyl (C=O) groups excluding carboxylic acids is 1. The van der Waals surface area contributed by atoms with Crippen molar-refractivity contribution in [3.8, 4) is 0 Å². The molecule has 1 aliphatic rings. The van der Waals surface area contributed by atoms with Crippen LogP contribution in [0.1, 0.15) is 57.0 Å². The highest BCUT2D eigenvalue weighted by Crippen LogP contribution is 2.38. The molecular formula is C17H25NOS. The van der Waals surface area contributed by atoms with Gasteiger partial charge in [0.05, 0.1) is 0 Å². The second-order valence-electron chi connectivity index (χ2n) is 6.43. The summed E-state index contributed by atoms with van der Waals surface area (Å²) in [7, 11) is 0. The van der Waals surface area contributed by atoms with Crippen LogP contribution in [0.25, 0.3) is 0 Å². The van der Waals surface area contributed by atoms with Gasteiger partial charge in [0.2, 0.25) is 5.91 Å². The van der Waals surface area contributed by atoms with E-state index in [9.17, 15) is 4.79 Å². The van der Waals surface area contributed by atoms with Crippen molar-refractivity contribution >= 4 is 17.7 Å². The molecule has 0 N–H and O–H groups in total. The molecule has 1 amide bonds. The molecule has 0 bridgehead atoms. The average Bonchev–Trinajstić information content (AvgIpc) is 2.87. The third-order valence-electron chi connectivity index (χ3n) is 3.74. The molecule has 0 unspecified atom stereocenters. The SMILES string of the molecule is CCCC(=O)N1CCS[C@@H]1c1ccc(C(C)(C)C)cc1. The first-order valence-corrected chi connectivity index (χ1v) is 8.50. The van der Waals surface area contributed by atoms with Gasteiger partial charge in [-0.25, -0.2) is 0 Å². The topological polar surface area (TPSA) is 20.3 Å². The van der Waals surface area contributed by atoms with Crippen LogP contribution in [0.3, 0.4) is 0 Å². The van der Waals surface area contributed by atoms with Gasteiger partial charge in [-0.1, -0.05) is 52.0 Å². The summed E-state index contributed by atoms with van der Waals surface area (Å²) in [5.74, 6) is 1.34. The highest BCUT2D eigenvalue weighted by atomic mass is 32.2. The van der Waals surface area contributed by atoms with Crippen molar-refractivity contribution < 1.29 is 4.79 Å². The Hall–Kier alpha value is -0.960. The van der Waals surface area contributed by atoms with Crippen LogP contribution in [0.4, 0.5) is 0 Å². The van der Waals surface area contributed by atoms with Crippen molar-refractivity contribution in [3.63, 3.8) is 0 Å². The number of rotatable bonds is 3. The molecule has 1 aromatic carbocycles. The number of carbonyl (C=O) groups is 1. The fraction of sp³-hybridized carbons (Fsp3) is 0.588. The van der Waals surface area contributed by atoms with Crippen LogP contribution in [0, 0.1) is 0 Å². The monoisotopic (exact) mass is 291 g/mol. The standard InChI is InChI=1S/C17H25NOS/c1-5-6-15(19)18-11-12-20-16(18)13-7-9-14(10-8-13)17(2,3)4/h7-10,16H,5-6,11-12H2,1-4H3/t16-/m1/s1. The van der Waals surface area contributed by atoms with Crippen molar-refractivity contribution in [1.82, 2.24) is 4.90 Å². The molecule has 1 saturated heterocycles. The van der Waals surface area contributed by atoms with E-state index in [4.69, 9.17) is 0 Å². The minimum Gasteiger partial charge on any atom is -0.326 e. The molecule has 1 aliphatic heterocycles. The van der Waals surface area contributed by atoms with Gasteiger partial charge in [0.25, 0.3) is 0 Å². The van der Waals surface area contributed by atoms with Crippen molar-refractivity contribution in [2.75, 3.05) is 12.3 Å². The summed E-state index contributed by atoms with van der Waals surface area (Å²) < 4.78 is 0. The van der Waals surface area contributed by atoms with E-state index in [1.54, 1.807) is 0 Å². The van der Waals surface area contributed by atoms with Gasteiger partial charge >= 0.3 is 0 Å². The Morgan fingerprint density at radius 1 is 1.30 bits per heavy atom. The molecule has 0 radical (unpaired) electrons. The summed E-state index contributed by atoms with van der Waals surface area (Å²) in [6.45, 7) is 9.62. The first kappa shape index (κ1) is 15.4. The maximum atomic E-state index is 12.2. The van der Waals surface area contributed by atoms with Gasteiger partial charge in [0.1, 0.15) is 5.37 Å². The molecule has 1 aromatic rings. The predicted octanol–water partition coefficient (Wildman–Crippen LogP) is 4.36. The molecular weight excluding hydrogens is 266 g/mol. The number of amides is 1. The van der Waals surface area contributed by atoms with Gasteiger partial charge in [-0.15, -0.1) is 11.8 Å². The summed E-state index contributed by atoms with van der Waals surface area (Å²) in [6, 6.07) is 8.79. The van der Waals surface area contributed by atoms with Gasteiger partial charge in [0.15, 0.2) is 0 Å². The lowest BCUT2D eigenvalue weighted by Gasteiger charge is -2.25. The van der Waals surface area contributed by atoms with Crippen LogP contribution < -0.4 is 0 Å². The van der Waals surface area contributed by atoms with E-state index < -0.39 is 0 Å². The Kier molecular flexibility index (Phi) is 4.79. The zero-order valence-corrected chi connectivity index (χ0v) is 13.8. The maximum Gasteiger partial charge on any atom is 0.223 e. The van der Waals surface area contributed by atoms with Crippen LogP contribution >= 0.6 is 11.8 Å². The Labute approximate surface area is 126 Å². The molecule has 3 heteroatoms. The first-order chi connectivity index (χ1) is 9.43. The lowest BCUT2D eigenvalue weighted by atomic mass is 9.86. The van der Waals surface area contributed by atoms with Gasteiger partial charge in [-0.3, -0.25) is 4.79 Å². The molecule has 0 saturated carbocycles. The molecule has 2 nitrogen and oxygen atoms in total. The van der Waals surface area contributed by atoms with Crippen molar-refractivity contribution in [2.24, 2.45) is 0 Å². The molecule has 2 rings (SSSR count). The third kappa shape index (κ3) is 3.38. The van der Waals surface area contributed by atoms with Gasteiger partial charge < -0.3 is 4.90 Å².